The lowest BCUT2D eigenvalue weighted by Crippen LogP contribution is -2.15. The zero-order chi connectivity index (χ0) is 8.10. The number of aliphatic hydroxyl groups excluding tert-OH is 1. The summed E-state index contributed by atoms with van der Waals surface area (Å²) in [6.07, 6.45) is 7.97. The molecule has 66 valence electrons. The van der Waals surface area contributed by atoms with Gasteiger partial charge in [-0.15, -0.1) is 0 Å². The van der Waals surface area contributed by atoms with E-state index in [4.69, 9.17) is 5.11 Å². The second-order valence-electron chi connectivity index (χ2n) is 3.78. The van der Waals surface area contributed by atoms with Crippen LogP contribution in [0.15, 0.2) is 0 Å². The van der Waals surface area contributed by atoms with E-state index in [1.807, 2.05) is 0 Å². The van der Waals surface area contributed by atoms with Crippen LogP contribution in [0.25, 0.3) is 0 Å². The SMILES string of the molecule is CCCC(CO)C1CCCC1. The molecule has 1 heteroatoms. The molecule has 0 radical (unpaired) electrons. The topological polar surface area (TPSA) is 20.2 Å². The highest BCUT2D eigenvalue weighted by Gasteiger charge is 2.23. The van der Waals surface area contributed by atoms with E-state index in [9.17, 15) is 0 Å². The molecule has 1 saturated carbocycles. The third-order valence-electron chi connectivity index (χ3n) is 2.96. The van der Waals surface area contributed by atoms with Gasteiger partial charge in [0.15, 0.2) is 0 Å². The van der Waals surface area contributed by atoms with Crippen molar-refractivity contribution in [1.82, 2.24) is 0 Å². The molecular formula is C10H20O. The molecule has 11 heavy (non-hydrogen) atoms. The summed E-state index contributed by atoms with van der Waals surface area (Å²) in [7, 11) is 0. The molecule has 1 aliphatic carbocycles. The Labute approximate surface area is 69.8 Å². The van der Waals surface area contributed by atoms with Crippen molar-refractivity contribution in [2.24, 2.45) is 11.8 Å². The normalized spacial score (nSPS) is 22.4. The summed E-state index contributed by atoms with van der Waals surface area (Å²) in [5.74, 6) is 1.46. The summed E-state index contributed by atoms with van der Waals surface area (Å²) in [6, 6.07) is 0. The van der Waals surface area contributed by atoms with Gasteiger partial charge in [-0.3, -0.25) is 0 Å². The number of hydrogen-bond donors (Lipinski definition) is 1. The van der Waals surface area contributed by atoms with Gasteiger partial charge < -0.3 is 5.11 Å². The number of hydrogen-bond acceptors (Lipinski definition) is 1. The fourth-order valence-corrected chi connectivity index (χ4v) is 2.28. The van der Waals surface area contributed by atoms with Crippen LogP contribution in [-0.4, -0.2) is 11.7 Å². The molecule has 0 aromatic heterocycles. The molecule has 1 rings (SSSR count). The van der Waals surface area contributed by atoms with E-state index in [-0.39, 0.29) is 0 Å². The highest BCUT2D eigenvalue weighted by molar-refractivity contribution is 4.74. The van der Waals surface area contributed by atoms with Crippen LogP contribution < -0.4 is 0 Å². The van der Waals surface area contributed by atoms with Crippen molar-refractivity contribution in [3.8, 4) is 0 Å². The maximum Gasteiger partial charge on any atom is 0.0461 e. The molecular weight excluding hydrogens is 136 g/mol. The van der Waals surface area contributed by atoms with E-state index in [0.29, 0.717) is 12.5 Å². The lowest BCUT2D eigenvalue weighted by atomic mass is 9.88. The molecule has 0 bridgehead atoms. The first kappa shape index (κ1) is 9.05. The van der Waals surface area contributed by atoms with Crippen molar-refractivity contribution in [1.29, 1.82) is 0 Å². The van der Waals surface area contributed by atoms with Crippen LogP contribution in [0.1, 0.15) is 45.4 Å². The third-order valence-corrected chi connectivity index (χ3v) is 2.96. The van der Waals surface area contributed by atoms with Crippen LogP contribution in [0.2, 0.25) is 0 Å². The average molecular weight is 156 g/mol. The Kier molecular flexibility index (Phi) is 3.92. The highest BCUT2D eigenvalue weighted by atomic mass is 16.3. The fraction of sp³-hybridized carbons (Fsp3) is 1.00. The van der Waals surface area contributed by atoms with Crippen LogP contribution in [0.5, 0.6) is 0 Å². The first-order valence-corrected chi connectivity index (χ1v) is 4.99. The summed E-state index contributed by atoms with van der Waals surface area (Å²) in [4.78, 5) is 0. The van der Waals surface area contributed by atoms with E-state index in [0.717, 1.165) is 5.92 Å². The van der Waals surface area contributed by atoms with Crippen LogP contribution in [0, 0.1) is 11.8 Å². The van der Waals surface area contributed by atoms with E-state index in [1.165, 1.54) is 38.5 Å². The summed E-state index contributed by atoms with van der Waals surface area (Å²) in [6.45, 7) is 2.62. The largest absolute Gasteiger partial charge is 0.396 e. The maximum atomic E-state index is 9.12. The molecule has 0 spiro atoms. The second-order valence-corrected chi connectivity index (χ2v) is 3.78. The molecule has 1 N–H and O–H groups in total. The van der Waals surface area contributed by atoms with Gasteiger partial charge in [0.1, 0.15) is 0 Å². The molecule has 0 aliphatic heterocycles. The van der Waals surface area contributed by atoms with Gasteiger partial charge in [0.2, 0.25) is 0 Å². The van der Waals surface area contributed by atoms with Gasteiger partial charge in [0.25, 0.3) is 0 Å². The maximum absolute atomic E-state index is 9.12. The minimum atomic E-state index is 0.415. The van der Waals surface area contributed by atoms with Crippen LogP contribution in [-0.2, 0) is 0 Å². The van der Waals surface area contributed by atoms with Crippen molar-refractivity contribution >= 4 is 0 Å². The minimum Gasteiger partial charge on any atom is -0.396 e. The van der Waals surface area contributed by atoms with Gasteiger partial charge in [0.05, 0.1) is 0 Å². The predicted octanol–water partition coefficient (Wildman–Crippen LogP) is 2.59. The smallest absolute Gasteiger partial charge is 0.0461 e. The summed E-state index contributed by atoms with van der Waals surface area (Å²) in [5.41, 5.74) is 0. The first-order valence-electron chi connectivity index (χ1n) is 4.99. The van der Waals surface area contributed by atoms with Crippen molar-refractivity contribution in [3.63, 3.8) is 0 Å². The van der Waals surface area contributed by atoms with E-state index >= 15 is 0 Å². The van der Waals surface area contributed by atoms with Crippen LogP contribution >= 0.6 is 0 Å². The lowest BCUT2D eigenvalue weighted by molar-refractivity contribution is 0.167. The molecule has 1 unspecified atom stereocenters. The Morgan fingerprint density at radius 1 is 1.36 bits per heavy atom. The molecule has 0 amide bonds. The molecule has 1 nitrogen and oxygen atoms in total. The van der Waals surface area contributed by atoms with Crippen LogP contribution in [0.3, 0.4) is 0 Å². The standard InChI is InChI=1S/C10H20O/c1-2-5-10(8-11)9-6-3-4-7-9/h9-11H,2-8H2,1H3. The Bertz CT molecular complexity index is 95.0. The monoisotopic (exact) mass is 156 g/mol. The van der Waals surface area contributed by atoms with Gasteiger partial charge >= 0.3 is 0 Å². The Balaban J connectivity index is 2.27. The number of aliphatic hydroxyl groups is 1. The quantitative estimate of drug-likeness (QED) is 0.663. The summed E-state index contributed by atoms with van der Waals surface area (Å²) < 4.78 is 0. The Morgan fingerprint density at radius 3 is 2.45 bits per heavy atom. The second kappa shape index (κ2) is 4.76. The number of rotatable bonds is 4. The highest BCUT2D eigenvalue weighted by Crippen LogP contribution is 2.33. The average Bonchev–Trinajstić information content (AvgIpc) is 2.52. The van der Waals surface area contributed by atoms with Crippen molar-refractivity contribution < 1.29 is 5.11 Å². The minimum absolute atomic E-state index is 0.415. The predicted molar refractivity (Wildman–Crippen MR) is 47.4 cm³/mol. The van der Waals surface area contributed by atoms with Gasteiger partial charge in [-0.1, -0.05) is 39.0 Å². The molecule has 1 aliphatic rings. The van der Waals surface area contributed by atoms with Gasteiger partial charge in [0, 0.05) is 6.61 Å². The van der Waals surface area contributed by atoms with Gasteiger partial charge in [-0.25, -0.2) is 0 Å². The summed E-state index contributed by atoms with van der Waals surface area (Å²) >= 11 is 0. The fourth-order valence-electron chi connectivity index (χ4n) is 2.28. The molecule has 0 heterocycles. The summed E-state index contributed by atoms with van der Waals surface area (Å²) in [5, 5.41) is 9.12. The van der Waals surface area contributed by atoms with Crippen molar-refractivity contribution in [3.05, 3.63) is 0 Å². The molecule has 1 atom stereocenters. The third kappa shape index (κ3) is 2.48. The zero-order valence-corrected chi connectivity index (χ0v) is 7.55. The van der Waals surface area contributed by atoms with Crippen molar-refractivity contribution in [2.75, 3.05) is 6.61 Å². The van der Waals surface area contributed by atoms with Crippen LogP contribution in [0.4, 0.5) is 0 Å². The Morgan fingerprint density at radius 2 is 2.00 bits per heavy atom. The molecule has 0 aromatic rings. The Hall–Kier alpha value is -0.0400. The lowest BCUT2D eigenvalue weighted by Gasteiger charge is -2.19. The molecule has 1 fully saturated rings. The van der Waals surface area contributed by atoms with Crippen molar-refractivity contribution in [2.45, 2.75) is 45.4 Å². The van der Waals surface area contributed by atoms with Gasteiger partial charge in [-0.2, -0.15) is 0 Å². The zero-order valence-electron chi connectivity index (χ0n) is 7.55. The molecule has 0 aromatic carbocycles. The van der Waals surface area contributed by atoms with E-state index in [2.05, 4.69) is 6.92 Å². The van der Waals surface area contributed by atoms with E-state index in [1.54, 1.807) is 0 Å². The van der Waals surface area contributed by atoms with Gasteiger partial charge in [-0.05, 0) is 18.3 Å². The first-order chi connectivity index (χ1) is 5.38. The molecule has 0 saturated heterocycles. The van der Waals surface area contributed by atoms with E-state index < -0.39 is 0 Å².